The minimum Gasteiger partial charge on any atom is -0.382 e. The predicted octanol–water partition coefficient (Wildman–Crippen LogP) is 3.49. The summed E-state index contributed by atoms with van der Waals surface area (Å²) in [7, 11) is 0. The van der Waals surface area contributed by atoms with E-state index >= 15 is 0 Å². The minimum atomic E-state index is -0.844. The van der Waals surface area contributed by atoms with E-state index in [1.807, 2.05) is 13.8 Å². The molecule has 2 atom stereocenters. The van der Waals surface area contributed by atoms with Crippen molar-refractivity contribution in [2.24, 2.45) is 5.16 Å². The van der Waals surface area contributed by atoms with Gasteiger partial charge in [-0.05, 0) is 37.6 Å². The molecule has 1 heterocycles. The summed E-state index contributed by atoms with van der Waals surface area (Å²) in [6.07, 6.45) is 0.177. The molecular weight excluding hydrogens is 361 g/mol. The molecule has 0 fully saturated rings. The first-order chi connectivity index (χ1) is 13.5. The molecule has 7 heteroatoms. The fraction of sp³-hybridized carbons (Fsp3) is 0.286. The number of nitrogens with zero attached hydrogens (tertiary/aromatic N) is 1. The van der Waals surface area contributed by atoms with Crippen LogP contribution >= 0.6 is 0 Å². The second-order valence-corrected chi connectivity index (χ2v) is 6.66. The molecule has 6 nitrogen and oxygen atoms in total. The zero-order valence-electron chi connectivity index (χ0n) is 15.7. The largest absolute Gasteiger partial charge is 0.382 e. The van der Waals surface area contributed by atoms with E-state index in [4.69, 9.17) is 4.84 Å². The van der Waals surface area contributed by atoms with Crippen LogP contribution in [0.4, 0.5) is 10.1 Å². The van der Waals surface area contributed by atoms with Crippen LogP contribution in [0.25, 0.3) is 0 Å². The predicted molar refractivity (Wildman–Crippen MR) is 105 cm³/mol. The summed E-state index contributed by atoms with van der Waals surface area (Å²) in [5, 5.41) is 9.53. The Labute approximate surface area is 162 Å². The number of amides is 2. The Morgan fingerprint density at radius 2 is 2.04 bits per heavy atom. The third-order valence-electron chi connectivity index (χ3n) is 4.54. The molecule has 1 aliphatic heterocycles. The lowest BCUT2D eigenvalue weighted by Gasteiger charge is -2.15. The summed E-state index contributed by atoms with van der Waals surface area (Å²) in [6.45, 7) is 3.89. The number of hydrogen-bond acceptors (Lipinski definition) is 4. The Balaban J connectivity index is 1.67. The number of anilines is 1. The SMILES string of the molecule is CCC(C)NC(=O)c1ccccc1NC(=O)C1CC(c2cccc(F)c2)=NO1. The van der Waals surface area contributed by atoms with E-state index in [2.05, 4.69) is 15.8 Å². The van der Waals surface area contributed by atoms with E-state index in [9.17, 15) is 14.0 Å². The number of para-hydroxylation sites is 1. The molecule has 2 amide bonds. The maximum Gasteiger partial charge on any atom is 0.268 e. The highest BCUT2D eigenvalue weighted by Gasteiger charge is 2.29. The summed E-state index contributed by atoms with van der Waals surface area (Å²) < 4.78 is 13.4. The molecule has 1 aliphatic rings. The van der Waals surface area contributed by atoms with E-state index in [0.29, 0.717) is 22.5 Å². The summed E-state index contributed by atoms with van der Waals surface area (Å²) in [4.78, 5) is 30.3. The van der Waals surface area contributed by atoms with E-state index in [1.165, 1.54) is 12.1 Å². The Morgan fingerprint density at radius 3 is 2.79 bits per heavy atom. The van der Waals surface area contributed by atoms with Gasteiger partial charge in [-0.15, -0.1) is 0 Å². The molecule has 3 rings (SSSR count). The molecule has 2 N–H and O–H groups in total. The van der Waals surface area contributed by atoms with Gasteiger partial charge >= 0.3 is 0 Å². The van der Waals surface area contributed by atoms with Crippen molar-refractivity contribution in [3.8, 4) is 0 Å². The Morgan fingerprint density at radius 1 is 1.25 bits per heavy atom. The number of halogens is 1. The number of carbonyl (C=O) groups is 2. The van der Waals surface area contributed by atoms with Crippen LogP contribution < -0.4 is 10.6 Å². The van der Waals surface area contributed by atoms with Gasteiger partial charge in [-0.1, -0.05) is 36.3 Å². The highest BCUT2D eigenvalue weighted by molar-refractivity contribution is 6.08. The van der Waals surface area contributed by atoms with Crippen molar-refractivity contribution < 1.29 is 18.8 Å². The lowest BCUT2D eigenvalue weighted by atomic mass is 10.0. The van der Waals surface area contributed by atoms with Crippen molar-refractivity contribution in [3.63, 3.8) is 0 Å². The third-order valence-corrected chi connectivity index (χ3v) is 4.54. The Bertz CT molecular complexity index is 913. The molecule has 0 radical (unpaired) electrons. The van der Waals surface area contributed by atoms with Gasteiger partial charge in [0, 0.05) is 18.0 Å². The maximum atomic E-state index is 13.4. The topological polar surface area (TPSA) is 79.8 Å². The first-order valence-electron chi connectivity index (χ1n) is 9.17. The maximum absolute atomic E-state index is 13.4. The van der Waals surface area contributed by atoms with Gasteiger partial charge < -0.3 is 15.5 Å². The number of nitrogens with one attached hydrogen (secondary N) is 2. The van der Waals surface area contributed by atoms with Gasteiger partial charge in [0.25, 0.3) is 11.8 Å². The first-order valence-corrected chi connectivity index (χ1v) is 9.17. The second-order valence-electron chi connectivity index (χ2n) is 6.66. The van der Waals surface area contributed by atoms with Crippen LogP contribution in [0.2, 0.25) is 0 Å². The summed E-state index contributed by atoms with van der Waals surface area (Å²) >= 11 is 0. The number of carbonyl (C=O) groups excluding carboxylic acids is 2. The zero-order valence-corrected chi connectivity index (χ0v) is 15.7. The monoisotopic (exact) mass is 383 g/mol. The summed E-state index contributed by atoms with van der Waals surface area (Å²) in [6, 6.07) is 12.8. The van der Waals surface area contributed by atoms with Gasteiger partial charge in [-0.3, -0.25) is 9.59 Å². The lowest BCUT2D eigenvalue weighted by Crippen LogP contribution is -2.33. The van der Waals surface area contributed by atoms with Crippen LogP contribution in [0.5, 0.6) is 0 Å². The van der Waals surface area contributed by atoms with Gasteiger partial charge in [0.1, 0.15) is 5.82 Å². The fourth-order valence-corrected chi connectivity index (χ4v) is 2.76. The number of rotatable bonds is 6. The van der Waals surface area contributed by atoms with E-state index in [0.717, 1.165) is 6.42 Å². The molecule has 0 saturated carbocycles. The Kier molecular flexibility index (Phi) is 6.03. The highest BCUT2D eigenvalue weighted by atomic mass is 19.1. The molecule has 2 aromatic rings. The van der Waals surface area contributed by atoms with Crippen molar-refractivity contribution in [1.82, 2.24) is 5.32 Å². The minimum absolute atomic E-state index is 0.0247. The van der Waals surface area contributed by atoms with Crippen molar-refractivity contribution >= 4 is 23.2 Å². The van der Waals surface area contributed by atoms with Crippen molar-refractivity contribution in [2.45, 2.75) is 38.8 Å². The number of oxime groups is 1. The third kappa shape index (κ3) is 4.54. The number of hydrogen-bond donors (Lipinski definition) is 2. The van der Waals surface area contributed by atoms with E-state index in [1.54, 1.807) is 36.4 Å². The smallest absolute Gasteiger partial charge is 0.268 e. The van der Waals surface area contributed by atoms with Gasteiger partial charge in [0.15, 0.2) is 0 Å². The van der Waals surface area contributed by atoms with Crippen LogP contribution in [0.3, 0.4) is 0 Å². The average Bonchev–Trinajstić information content (AvgIpc) is 3.18. The Hall–Kier alpha value is -3.22. The summed E-state index contributed by atoms with van der Waals surface area (Å²) in [5.74, 6) is -1.05. The van der Waals surface area contributed by atoms with Gasteiger partial charge in [-0.2, -0.15) is 0 Å². The normalized spacial score (nSPS) is 16.7. The van der Waals surface area contributed by atoms with Crippen molar-refractivity contribution in [2.75, 3.05) is 5.32 Å². The molecule has 0 spiro atoms. The summed E-state index contributed by atoms with van der Waals surface area (Å²) in [5.41, 5.74) is 1.85. The van der Waals surface area contributed by atoms with Crippen LogP contribution in [0, 0.1) is 5.82 Å². The molecule has 28 heavy (non-hydrogen) atoms. The lowest BCUT2D eigenvalue weighted by molar-refractivity contribution is -0.125. The average molecular weight is 383 g/mol. The van der Waals surface area contributed by atoms with Crippen LogP contribution in [0.15, 0.2) is 53.7 Å². The molecule has 2 unspecified atom stereocenters. The molecule has 0 bridgehead atoms. The van der Waals surface area contributed by atoms with Crippen LogP contribution in [0.1, 0.15) is 42.6 Å². The molecular formula is C21H22FN3O3. The molecule has 0 aromatic heterocycles. The highest BCUT2D eigenvalue weighted by Crippen LogP contribution is 2.21. The van der Waals surface area contributed by atoms with Gasteiger partial charge in [0.2, 0.25) is 6.10 Å². The van der Waals surface area contributed by atoms with Gasteiger partial charge in [0.05, 0.1) is 17.0 Å². The first kappa shape index (κ1) is 19.5. The molecule has 0 aliphatic carbocycles. The van der Waals surface area contributed by atoms with Crippen LogP contribution in [-0.4, -0.2) is 29.7 Å². The number of benzene rings is 2. The van der Waals surface area contributed by atoms with Crippen molar-refractivity contribution in [3.05, 3.63) is 65.5 Å². The second kappa shape index (κ2) is 8.65. The molecule has 146 valence electrons. The fourth-order valence-electron chi connectivity index (χ4n) is 2.76. The van der Waals surface area contributed by atoms with E-state index in [-0.39, 0.29) is 24.2 Å². The standard InChI is InChI=1S/C21H22FN3O3/c1-3-13(2)23-20(26)16-9-4-5-10-17(16)24-21(27)19-12-18(25-28-19)14-7-6-8-15(22)11-14/h4-11,13,19H,3,12H2,1-2H3,(H,23,26)(H,24,27). The quantitative estimate of drug-likeness (QED) is 0.801. The molecule has 0 saturated heterocycles. The van der Waals surface area contributed by atoms with Gasteiger partial charge in [-0.25, -0.2) is 4.39 Å². The molecule has 2 aromatic carbocycles. The van der Waals surface area contributed by atoms with Crippen molar-refractivity contribution in [1.29, 1.82) is 0 Å². The van der Waals surface area contributed by atoms with Crippen LogP contribution in [-0.2, 0) is 9.63 Å². The zero-order chi connectivity index (χ0) is 20.1. The van der Waals surface area contributed by atoms with E-state index < -0.39 is 12.0 Å².